The first-order chi connectivity index (χ1) is 8.53. The number of ether oxygens (including phenoxy) is 3. The molecule has 18 heavy (non-hydrogen) atoms. The molecule has 0 unspecified atom stereocenters. The summed E-state index contributed by atoms with van der Waals surface area (Å²) < 4.78 is 38.0. The minimum Gasteiger partial charge on any atom is -0.493 e. The third-order valence-electron chi connectivity index (χ3n) is 2.10. The Balaban J connectivity index is 3.39. The maximum Gasteiger partial charge on any atom is 0.341 e. The van der Waals surface area contributed by atoms with Crippen molar-refractivity contribution in [3.05, 3.63) is 17.7 Å². The molecule has 0 heterocycles. The minimum absolute atomic E-state index is 0.0682. The predicted octanol–water partition coefficient (Wildman–Crippen LogP) is 0.429. The second-order valence-corrected chi connectivity index (χ2v) is 3.86. The van der Waals surface area contributed by atoms with Gasteiger partial charge in [-0.05, 0) is 6.07 Å². The fourth-order valence-electron chi connectivity index (χ4n) is 1.40. The lowest BCUT2D eigenvalue weighted by atomic mass is 10.1. The highest BCUT2D eigenvalue weighted by atomic mass is 32.2. The molecular weight excluding hydrogens is 262 g/mol. The van der Waals surface area contributed by atoms with Gasteiger partial charge in [-0.1, -0.05) is 0 Å². The van der Waals surface area contributed by atoms with Gasteiger partial charge in [0, 0.05) is 6.07 Å². The van der Waals surface area contributed by atoms with Crippen LogP contribution in [0.3, 0.4) is 0 Å². The van der Waals surface area contributed by atoms with E-state index in [1.807, 2.05) is 0 Å². The highest BCUT2D eigenvalue weighted by Crippen LogP contribution is 2.34. The molecule has 0 atom stereocenters. The van der Waals surface area contributed by atoms with Crippen LogP contribution in [0.4, 0.5) is 5.69 Å². The van der Waals surface area contributed by atoms with Crippen molar-refractivity contribution < 1.29 is 27.4 Å². The van der Waals surface area contributed by atoms with Crippen molar-refractivity contribution in [1.82, 2.24) is 0 Å². The molecule has 0 aliphatic heterocycles. The van der Waals surface area contributed by atoms with Crippen LogP contribution in [-0.4, -0.2) is 35.7 Å². The van der Waals surface area contributed by atoms with Crippen LogP contribution in [0.25, 0.3) is 0 Å². The molecule has 7 nitrogen and oxygen atoms in total. The van der Waals surface area contributed by atoms with Gasteiger partial charge >= 0.3 is 5.97 Å². The van der Waals surface area contributed by atoms with Gasteiger partial charge in [0.25, 0.3) is 0 Å². The predicted molar refractivity (Wildman–Crippen MR) is 64.8 cm³/mol. The van der Waals surface area contributed by atoms with Gasteiger partial charge in [-0.3, -0.25) is 4.72 Å². The lowest BCUT2D eigenvalue weighted by molar-refractivity contribution is 0.0596. The summed E-state index contributed by atoms with van der Waals surface area (Å²) in [4.78, 5) is 11.6. The first-order valence-corrected chi connectivity index (χ1v) is 5.96. The highest BCUT2D eigenvalue weighted by Gasteiger charge is 2.19. The summed E-state index contributed by atoms with van der Waals surface area (Å²) in [5.74, 6) is -0.259. The van der Waals surface area contributed by atoms with Crippen molar-refractivity contribution in [1.29, 1.82) is 0 Å². The van der Waals surface area contributed by atoms with Crippen LogP contribution in [0.5, 0.6) is 11.5 Å². The number of benzene rings is 1. The molecule has 0 spiro atoms. The van der Waals surface area contributed by atoms with Crippen LogP contribution >= 0.6 is 0 Å². The lowest BCUT2D eigenvalue weighted by Crippen LogP contribution is -2.07. The lowest BCUT2D eigenvalue weighted by Gasteiger charge is -2.13. The average molecular weight is 275 g/mol. The standard InChI is InChI=1S/C10H13NO6S/c1-15-8-5-6(11-18(13)14)4-7(9(8)16-2)10(12)17-3/h4-5,18H,1-3H3,(H,11,13,14). The third-order valence-corrected chi connectivity index (χ3v) is 2.55. The Hall–Kier alpha value is -1.96. The molecule has 0 saturated heterocycles. The number of hydrogen-bond donors (Lipinski definition) is 2. The van der Waals surface area contributed by atoms with Gasteiger partial charge in [0.2, 0.25) is 10.9 Å². The molecular formula is C10H13NO6S. The van der Waals surface area contributed by atoms with E-state index in [9.17, 15) is 13.2 Å². The quantitative estimate of drug-likeness (QED) is 0.598. The molecule has 0 fully saturated rings. The maximum absolute atomic E-state index is 11.6. The van der Waals surface area contributed by atoms with Gasteiger partial charge in [-0.2, -0.15) is 0 Å². The van der Waals surface area contributed by atoms with Crippen molar-refractivity contribution >= 4 is 22.5 Å². The fraction of sp³-hybridized carbons (Fsp3) is 0.300. The number of rotatable bonds is 5. The first-order valence-electron chi connectivity index (χ1n) is 4.78. The highest BCUT2D eigenvalue weighted by molar-refractivity contribution is 7.73. The number of carbonyl (C=O) groups is 1. The number of nitrogens with one attached hydrogen (secondary N) is 1. The van der Waals surface area contributed by atoms with E-state index in [0.29, 0.717) is 0 Å². The largest absolute Gasteiger partial charge is 0.493 e. The Labute approximate surface area is 106 Å². The van der Waals surface area contributed by atoms with Crippen LogP contribution in [0.15, 0.2) is 12.1 Å². The number of methoxy groups -OCH3 is 3. The van der Waals surface area contributed by atoms with Crippen LogP contribution in [0.2, 0.25) is 0 Å². The van der Waals surface area contributed by atoms with Gasteiger partial charge in [-0.25, -0.2) is 13.2 Å². The molecule has 100 valence electrons. The number of anilines is 1. The minimum atomic E-state index is -2.84. The maximum atomic E-state index is 11.6. The van der Waals surface area contributed by atoms with Gasteiger partial charge < -0.3 is 14.2 Å². The molecule has 1 N–H and O–H groups in total. The van der Waals surface area contributed by atoms with Gasteiger partial charge in [-0.15, -0.1) is 0 Å². The molecule has 0 bridgehead atoms. The molecule has 0 aromatic heterocycles. The summed E-state index contributed by atoms with van der Waals surface area (Å²) in [5.41, 5.74) is 0.253. The van der Waals surface area contributed by atoms with Crippen molar-refractivity contribution in [3.63, 3.8) is 0 Å². The monoisotopic (exact) mass is 275 g/mol. The number of hydrogen-bond acceptors (Lipinski definition) is 6. The zero-order valence-corrected chi connectivity index (χ0v) is 10.9. The molecule has 0 amide bonds. The SMILES string of the molecule is COC(=O)c1cc(N[SH](=O)=O)cc(OC)c1OC. The van der Waals surface area contributed by atoms with E-state index < -0.39 is 16.9 Å². The Kier molecular flexibility index (Phi) is 4.78. The second-order valence-electron chi connectivity index (χ2n) is 3.12. The topological polar surface area (TPSA) is 90.9 Å². The Morgan fingerprint density at radius 2 is 1.83 bits per heavy atom. The molecule has 1 aromatic carbocycles. The van der Waals surface area contributed by atoms with Crippen molar-refractivity contribution in [3.8, 4) is 11.5 Å². The van der Waals surface area contributed by atoms with Gasteiger partial charge in [0.05, 0.1) is 27.0 Å². The average Bonchev–Trinajstić information content (AvgIpc) is 2.35. The summed E-state index contributed by atoms with van der Waals surface area (Å²) in [7, 11) is 1.11. The van der Waals surface area contributed by atoms with E-state index in [0.717, 1.165) is 0 Å². The molecule has 8 heteroatoms. The van der Waals surface area contributed by atoms with E-state index in [1.54, 1.807) is 0 Å². The van der Waals surface area contributed by atoms with Crippen LogP contribution in [0, 0.1) is 0 Å². The zero-order valence-electron chi connectivity index (χ0n) is 10.1. The Morgan fingerprint density at radius 1 is 1.17 bits per heavy atom. The van der Waals surface area contributed by atoms with E-state index in [1.165, 1.54) is 33.5 Å². The first kappa shape index (κ1) is 14.1. The number of carbonyl (C=O) groups excluding carboxylic acids is 1. The van der Waals surface area contributed by atoms with Gasteiger partial charge in [0.15, 0.2) is 11.5 Å². The van der Waals surface area contributed by atoms with E-state index >= 15 is 0 Å². The van der Waals surface area contributed by atoms with Crippen LogP contribution in [-0.2, 0) is 15.6 Å². The van der Waals surface area contributed by atoms with Crippen molar-refractivity contribution in [2.75, 3.05) is 26.1 Å². The summed E-state index contributed by atoms with van der Waals surface area (Å²) in [5, 5.41) is 0. The molecule has 1 rings (SSSR count). The van der Waals surface area contributed by atoms with E-state index in [4.69, 9.17) is 9.47 Å². The Bertz CT molecular complexity index is 517. The van der Waals surface area contributed by atoms with Crippen LogP contribution in [0.1, 0.15) is 10.4 Å². The number of esters is 1. The molecule has 0 radical (unpaired) electrons. The van der Waals surface area contributed by atoms with Gasteiger partial charge in [0.1, 0.15) is 5.56 Å². The second kappa shape index (κ2) is 6.10. The van der Waals surface area contributed by atoms with E-state index in [2.05, 4.69) is 9.46 Å². The molecule has 1 aromatic rings. The molecule has 0 saturated carbocycles. The van der Waals surface area contributed by atoms with E-state index in [-0.39, 0.29) is 22.7 Å². The van der Waals surface area contributed by atoms with Crippen LogP contribution < -0.4 is 14.2 Å². The summed E-state index contributed by atoms with van der Waals surface area (Å²) in [6.07, 6.45) is 0. The smallest absolute Gasteiger partial charge is 0.341 e. The third kappa shape index (κ3) is 3.04. The fourth-order valence-corrected chi connectivity index (χ4v) is 1.74. The summed E-state index contributed by atoms with van der Waals surface area (Å²) >= 11 is 0. The normalized spacial score (nSPS) is 10.0. The van der Waals surface area contributed by atoms with Crippen molar-refractivity contribution in [2.45, 2.75) is 0 Å². The zero-order chi connectivity index (χ0) is 13.7. The van der Waals surface area contributed by atoms with Crippen molar-refractivity contribution in [2.24, 2.45) is 0 Å². The molecule has 0 aliphatic rings. The summed E-state index contributed by atoms with van der Waals surface area (Å²) in [6, 6.07) is 2.70. The summed E-state index contributed by atoms with van der Waals surface area (Å²) in [6.45, 7) is 0. The number of thiol groups is 1. The molecule has 0 aliphatic carbocycles. The Morgan fingerprint density at radius 3 is 2.28 bits per heavy atom.